The predicted molar refractivity (Wildman–Crippen MR) is 99.5 cm³/mol. The molecule has 0 unspecified atom stereocenters. The average molecular weight is 393 g/mol. The van der Waals surface area contributed by atoms with Crippen molar-refractivity contribution >= 4 is 9.84 Å². The summed E-state index contributed by atoms with van der Waals surface area (Å²) in [5, 5.41) is 14.2. The molecule has 0 amide bonds. The van der Waals surface area contributed by atoms with E-state index in [4.69, 9.17) is 0 Å². The van der Waals surface area contributed by atoms with Gasteiger partial charge in [0.25, 0.3) is 5.09 Å². The summed E-state index contributed by atoms with van der Waals surface area (Å²) in [6, 6.07) is 8.95. The molecule has 2 aromatic rings. The standard InChI is InChI=1S/C18H23N3O5S/c1-27(24,25)17-9-7-14(8-10-17)18-13-15(11-12-26-21(22)23)19-20(18)16-5-3-2-4-6-16/h7-10,13,16H,2-6,11-12H2,1H3. The lowest BCUT2D eigenvalue weighted by Crippen LogP contribution is -2.15. The van der Waals surface area contributed by atoms with E-state index in [0.29, 0.717) is 6.42 Å². The Kier molecular flexibility index (Phi) is 5.79. The van der Waals surface area contributed by atoms with E-state index in [9.17, 15) is 18.5 Å². The predicted octanol–water partition coefficient (Wildman–Crippen LogP) is 3.21. The number of rotatable bonds is 7. The van der Waals surface area contributed by atoms with Crippen LogP contribution in [0.15, 0.2) is 35.2 Å². The highest BCUT2D eigenvalue weighted by atomic mass is 32.2. The highest BCUT2D eigenvalue weighted by Crippen LogP contribution is 2.33. The van der Waals surface area contributed by atoms with Crippen LogP contribution in [0.1, 0.15) is 43.8 Å². The average Bonchev–Trinajstić information content (AvgIpc) is 3.06. The first-order valence-corrected chi connectivity index (χ1v) is 10.9. The quantitative estimate of drug-likeness (QED) is 0.528. The van der Waals surface area contributed by atoms with Gasteiger partial charge >= 0.3 is 0 Å². The minimum Gasteiger partial charge on any atom is -0.313 e. The van der Waals surface area contributed by atoms with E-state index in [0.717, 1.165) is 42.6 Å². The molecule has 0 spiro atoms. The van der Waals surface area contributed by atoms with E-state index < -0.39 is 14.9 Å². The molecule has 8 nitrogen and oxygen atoms in total. The van der Waals surface area contributed by atoms with Crippen molar-refractivity contribution in [3.8, 4) is 11.3 Å². The van der Waals surface area contributed by atoms with E-state index in [1.54, 1.807) is 24.3 Å². The van der Waals surface area contributed by atoms with Crippen LogP contribution in [-0.2, 0) is 21.1 Å². The van der Waals surface area contributed by atoms with Gasteiger partial charge in [-0.2, -0.15) is 5.10 Å². The molecule has 1 fully saturated rings. The number of hydrogen-bond donors (Lipinski definition) is 0. The van der Waals surface area contributed by atoms with Crippen LogP contribution in [0.3, 0.4) is 0 Å². The molecule has 1 heterocycles. The van der Waals surface area contributed by atoms with E-state index in [2.05, 4.69) is 9.94 Å². The number of hydrogen-bond acceptors (Lipinski definition) is 6. The summed E-state index contributed by atoms with van der Waals surface area (Å²) in [5.41, 5.74) is 2.50. The van der Waals surface area contributed by atoms with Gasteiger partial charge in [-0.25, -0.2) is 8.42 Å². The topological polar surface area (TPSA) is 104 Å². The fourth-order valence-electron chi connectivity index (χ4n) is 3.48. The zero-order chi connectivity index (χ0) is 19.4. The fraction of sp³-hybridized carbons (Fsp3) is 0.500. The Balaban J connectivity index is 1.91. The summed E-state index contributed by atoms with van der Waals surface area (Å²) in [7, 11) is -3.25. The molecule has 27 heavy (non-hydrogen) atoms. The van der Waals surface area contributed by atoms with Crippen LogP contribution in [0.5, 0.6) is 0 Å². The number of benzene rings is 1. The second kappa shape index (κ2) is 8.08. The molecular formula is C18H23N3O5S. The van der Waals surface area contributed by atoms with Crippen molar-refractivity contribution in [1.29, 1.82) is 0 Å². The van der Waals surface area contributed by atoms with Crippen molar-refractivity contribution in [1.82, 2.24) is 9.78 Å². The molecule has 1 aliphatic carbocycles. The highest BCUT2D eigenvalue weighted by molar-refractivity contribution is 7.90. The summed E-state index contributed by atoms with van der Waals surface area (Å²) < 4.78 is 25.4. The first-order valence-electron chi connectivity index (χ1n) is 9.01. The molecule has 3 rings (SSSR count). The van der Waals surface area contributed by atoms with Gasteiger partial charge in [0.2, 0.25) is 0 Å². The lowest BCUT2D eigenvalue weighted by molar-refractivity contribution is -0.757. The Morgan fingerprint density at radius 2 is 1.89 bits per heavy atom. The summed E-state index contributed by atoms with van der Waals surface area (Å²) in [4.78, 5) is 15.0. The van der Waals surface area contributed by atoms with Gasteiger partial charge < -0.3 is 4.84 Å². The molecule has 9 heteroatoms. The first kappa shape index (κ1) is 19.3. The summed E-state index contributed by atoms with van der Waals surface area (Å²) in [6.45, 7) is -0.0405. The Morgan fingerprint density at radius 1 is 1.22 bits per heavy atom. The zero-order valence-corrected chi connectivity index (χ0v) is 16.0. The smallest absolute Gasteiger partial charge is 0.294 e. The molecule has 0 saturated heterocycles. The van der Waals surface area contributed by atoms with Crippen LogP contribution in [0, 0.1) is 10.1 Å². The lowest BCUT2D eigenvalue weighted by Gasteiger charge is -2.24. The molecule has 0 radical (unpaired) electrons. The molecule has 146 valence electrons. The maximum atomic E-state index is 11.7. The highest BCUT2D eigenvalue weighted by Gasteiger charge is 2.21. The van der Waals surface area contributed by atoms with Crippen molar-refractivity contribution < 1.29 is 18.3 Å². The van der Waals surface area contributed by atoms with E-state index >= 15 is 0 Å². The maximum absolute atomic E-state index is 11.7. The Bertz CT molecular complexity index is 900. The second-order valence-electron chi connectivity index (χ2n) is 6.86. The molecule has 0 N–H and O–H groups in total. The Labute approximate surface area is 158 Å². The summed E-state index contributed by atoms with van der Waals surface area (Å²) >= 11 is 0. The molecule has 0 atom stereocenters. The second-order valence-corrected chi connectivity index (χ2v) is 8.88. The third kappa shape index (κ3) is 4.85. The van der Waals surface area contributed by atoms with Crippen molar-refractivity contribution in [3.05, 3.63) is 46.1 Å². The molecule has 0 bridgehead atoms. The summed E-state index contributed by atoms with van der Waals surface area (Å²) in [6.07, 6.45) is 7.13. The van der Waals surface area contributed by atoms with Crippen LogP contribution >= 0.6 is 0 Å². The van der Waals surface area contributed by atoms with Gasteiger partial charge in [-0.1, -0.05) is 31.4 Å². The van der Waals surface area contributed by atoms with Crippen molar-refractivity contribution in [2.75, 3.05) is 12.9 Å². The van der Waals surface area contributed by atoms with E-state index in [1.807, 2.05) is 10.7 Å². The van der Waals surface area contributed by atoms with Crippen molar-refractivity contribution in [2.24, 2.45) is 0 Å². The SMILES string of the molecule is CS(=O)(=O)c1ccc(-c2cc(CCO[N+](=O)[O-])nn2C2CCCCC2)cc1. The van der Waals surface area contributed by atoms with Gasteiger partial charge in [0.1, 0.15) is 6.61 Å². The fourth-order valence-corrected chi connectivity index (χ4v) is 4.11. The molecule has 1 saturated carbocycles. The van der Waals surface area contributed by atoms with Crippen LogP contribution in [-0.4, -0.2) is 36.1 Å². The van der Waals surface area contributed by atoms with Crippen LogP contribution in [0.25, 0.3) is 11.3 Å². The van der Waals surface area contributed by atoms with E-state index in [1.165, 1.54) is 12.7 Å². The third-order valence-electron chi connectivity index (χ3n) is 4.84. The maximum Gasteiger partial charge on any atom is 0.294 e. The van der Waals surface area contributed by atoms with Gasteiger partial charge in [0.15, 0.2) is 9.84 Å². The van der Waals surface area contributed by atoms with Gasteiger partial charge in [-0.05, 0) is 36.6 Å². The molecule has 0 aliphatic heterocycles. The van der Waals surface area contributed by atoms with E-state index in [-0.39, 0.29) is 17.5 Å². The van der Waals surface area contributed by atoms with Crippen LogP contribution < -0.4 is 0 Å². The minimum atomic E-state index is -3.25. The molecular weight excluding hydrogens is 370 g/mol. The Morgan fingerprint density at radius 3 is 2.48 bits per heavy atom. The Hall–Kier alpha value is -2.42. The third-order valence-corrected chi connectivity index (χ3v) is 5.97. The van der Waals surface area contributed by atoms with Crippen LogP contribution in [0.4, 0.5) is 0 Å². The lowest BCUT2D eigenvalue weighted by atomic mass is 9.95. The van der Waals surface area contributed by atoms with Gasteiger partial charge in [0, 0.05) is 12.7 Å². The molecule has 1 aromatic carbocycles. The van der Waals surface area contributed by atoms with Crippen molar-refractivity contribution in [2.45, 2.75) is 49.5 Å². The van der Waals surface area contributed by atoms with Crippen LogP contribution in [0.2, 0.25) is 0 Å². The normalized spacial score (nSPS) is 15.6. The minimum absolute atomic E-state index is 0.0405. The molecule has 1 aromatic heterocycles. The summed E-state index contributed by atoms with van der Waals surface area (Å²) in [5.74, 6) is 0. The number of aromatic nitrogens is 2. The first-order chi connectivity index (χ1) is 12.8. The monoisotopic (exact) mass is 393 g/mol. The number of nitrogens with zero attached hydrogens (tertiary/aromatic N) is 3. The van der Waals surface area contributed by atoms with Gasteiger partial charge in [0.05, 0.1) is 22.3 Å². The van der Waals surface area contributed by atoms with Crippen molar-refractivity contribution in [3.63, 3.8) is 0 Å². The largest absolute Gasteiger partial charge is 0.313 e. The van der Waals surface area contributed by atoms with Gasteiger partial charge in [-0.15, -0.1) is 10.1 Å². The zero-order valence-electron chi connectivity index (χ0n) is 15.2. The number of sulfone groups is 1. The molecule has 1 aliphatic rings. The van der Waals surface area contributed by atoms with Gasteiger partial charge in [-0.3, -0.25) is 4.68 Å².